The Hall–Kier alpha value is -1.75. The van der Waals surface area contributed by atoms with Gasteiger partial charge in [0.1, 0.15) is 0 Å². The van der Waals surface area contributed by atoms with Gasteiger partial charge in [0.2, 0.25) is 5.91 Å². The standard InChI is InChI=1S/C17H12Cl2N2OS/c18-12-6-2-7-13(16(12)19)21-15(22)10-23-14-8-1-4-11-5-3-9-20-17(11)14/h1-9H,10H2,(H,21,22). The Morgan fingerprint density at radius 3 is 2.74 bits per heavy atom. The fraction of sp³-hybridized carbons (Fsp3) is 0.0588. The molecule has 1 aromatic heterocycles. The van der Waals surface area contributed by atoms with Crippen LogP contribution in [0.4, 0.5) is 5.69 Å². The first kappa shape index (κ1) is 16.1. The van der Waals surface area contributed by atoms with Gasteiger partial charge in [0.15, 0.2) is 0 Å². The Kier molecular flexibility index (Phi) is 5.06. The molecule has 0 aliphatic carbocycles. The van der Waals surface area contributed by atoms with Crippen LogP contribution in [0.15, 0.2) is 59.6 Å². The topological polar surface area (TPSA) is 42.0 Å². The summed E-state index contributed by atoms with van der Waals surface area (Å²) in [4.78, 5) is 17.5. The zero-order valence-corrected chi connectivity index (χ0v) is 14.3. The van der Waals surface area contributed by atoms with Gasteiger partial charge in [-0.1, -0.05) is 47.5 Å². The highest BCUT2D eigenvalue weighted by molar-refractivity contribution is 8.00. The number of para-hydroxylation sites is 1. The summed E-state index contributed by atoms with van der Waals surface area (Å²) in [6.07, 6.45) is 1.75. The molecule has 0 unspecified atom stereocenters. The van der Waals surface area contributed by atoms with E-state index in [9.17, 15) is 4.79 Å². The molecule has 0 radical (unpaired) electrons. The van der Waals surface area contributed by atoms with Crippen LogP contribution >= 0.6 is 35.0 Å². The number of carbonyl (C=O) groups excluding carboxylic acids is 1. The number of fused-ring (bicyclic) bond motifs is 1. The highest BCUT2D eigenvalue weighted by Gasteiger charge is 2.10. The van der Waals surface area contributed by atoms with Gasteiger partial charge in [-0.05, 0) is 24.3 Å². The number of halogens is 2. The Balaban J connectivity index is 1.70. The summed E-state index contributed by atoms with van der Waals surface area (Å²) in [6, 6.07) is 14.9. The molecule has 3 rings (SSSR count). The highest BCUT2D eigenvalue weighted by atomic mass is 35.5. The number of amides is 1. The second kappa shape index (κ2) is 7.21. The van der Waals surface area contributed by atoms with E-state index in [1.165, 1.54) is 11.8 Å². The van der Waals surface area contributed by atoms with Crippen LogP contribution in [0.25, 0.3) is 10.9 Å². The molecule has 0 spiro atoms. The van der Waals surface area contributed by atoms with Crippen LogP contribution in [0.3, 0.4) is 0 Å². The zero-order chi connectivity index (χ0) is 16.2. The van der Waals surface area contributed by atoms with Crippen LogP contribution in [-0.2, 0) is 4.79 Å². The molecule has 0 fully saturated rings. The maximum atomic E-state index is 12.1. The average molecular weight is 363 g/mol. The molecule has 3 nitrogen and oxygen atoms in total. The fourth-order valence-corrected chi connectivity index (χ4v) is 3.31. The van der Waals surface area contributed by atoms with Crippen molar-refractivity contribution < 1.29 is 4.79 Å². The molecular formula is C17H12Cl2N2OS. The number of pyridine rings is 1. The minimum absolute atomic E-state index is 0.146. The number of nitrogens with zero attached hydrogens (tertiary/aromatic N) is 1. The fourth-order valence-electron chi connectivity index (χ4n) is 2.12. The quantitative estimate of drug-likeness (QED) is 0.642. The van der Waals surface area contributed by atoms with E-state index >= 15 is 0 Å². The molecule has 116 valence electrons. The van der Waals surface area contributed by atoms with Gasteiger partial charge in [-0.2, -0.15) is 0 Å². The number of hydrogen-bond acceptors (Lipinski definition) is 3. The molecule has 0 aliphatic rings. The molecule has 0 bridgehead atoms. The molecule has 2 aromatic carbocycles. The van der Waals surface area contributed by atoms with Crippen molar-refractivity contribution in [2.75, 3.05) is 11.1 Å². The molecule has 3 aromatic rings. The van der Waals surface area contributed by atoms with Crippen molar-refractivity contribution in [1.82, 2.24) is 4.98 Å². The smallest absolute Gasteiger partial charge is 0.234 e. The maximum Gasteiger partial charge on any atom is 0.234 e. The maximum absolute atomic E-state index is 12.1. The first-order valence-electron chi connectivity index (χ1n) is 6.85. The van der Waals surface area contributed by atoms with Crippen LogP contribution in [0.5, 0.6) is 0 Å². The normalized spacial score (nSPS) is 10.7. The van der Waals surface area contributed by atoms with E-state index in [2.05, 4.69) is 10.3 Å². The second-order valence-corrected chi connectivity index (χ2v) is 6.57. The van der Waals surface area contributed by atoms with Crippen LogP contribution < -0.4 is 5.32 Å². The number of anilines is 1. The van der Waals surface area contributed by atoms with Crippen molar-refractivity contribution >= 4 is 57.5 Å². The van der Waals surface area contributed by atoms with Crippen LogP contribution in [0.2, 0.25) is 10.0 Å². The van der Waals surface area contributed by atoms with Gasteiger partial charge in [-0.25, -0.2) is 0 Å². The summed E-state index contributed by atoms with van der Waals surface area (Å²) in [5.74, 6) is 0.116. The van der Waals surface area contributed by atoms with Gasteiger partial charge in [-0.15, -0.1) is 11.8 Å². The van der Waals surface area contributed by atoms with E-state index in [1.54, 1.807) is 24.4 Å². The Bertz CT molecular complexity index is 865. The van der Waals surface area contributed by atoms with Crippen molar-refractivity contribution in [2.45, 2.75) is 4.90 Å². The van der Waals surface area contributed by atoms with Crippen LogP contribution in [0.1, 0.15) is 0 Å². The van der Waals surface area contributed by atoms with Gasteiger partial charge in [-0.3, -0.25) is 9.78 Å². The van der Waals surface area contributed by atoms with Crippen molar-refractivity contribution in [3.8, 4) is 0 Å². The predicted molar refractivity (Wildman–Crippen MR) is 97.6 cm³/mol. The third kappa shape index (κ3) is 3.78. The molecule has 0 aliphatic heterocycles. The first-order valence-corrected chi connectivity index (χ1v) is 8.60. The third-order valence-electron chi connectivity index (χ3n) is 3.18. The number of hydrogen-bond donors (Lipinski definition) is 1. The lowest BCUT2D eigenvalue weighted by Gasteiger charge is -2.09. The van der Waals surface area contributed by atoms with Gasteiger partial charge >= 0.3 is 0 Å². The van der Waals surface area contributed by atoms with Crippen molar-refractivity contribution in [2.24, 2.45) is 0 Å². The van der Waals surface area contributed by atoms with Gasteiger partial charge < -0.3 is 5.32 Å². The first-order chi connectivity index (χ1) is 11.1. The van der Waals surface area contributed by atoms with E-state index in [0.29, 0.717) is 15.7 Å². The summed E-state index contributed by atoms with van der Waals surface area (Å²) in [5, 5.41) is 4.58. The average Bonchev–Trinajstić information content (AvgIpc) is 2.57. The number of carbonyl (C=O) groups is 1. The number of aromatic nitrogens is 1. The summed E-state index contributed by atoms with van der Waals surface area (Å²) in [7, 11) is 0. The lowest BCUT2D eigenvalue weighted by atomic mass is 10.2. The summed E-state index contributed by atoms with van der Waals surface area (Å²) in [5.41, 5.74) is 1.41. The zero-order valence-electron chi connectivity index (χ0n) is 11.9. The highest BCUT2D eigenvalue weighted by Crippen LogP contribution is 2.30. The predicted octanol–water partition coefficient (Wildman–Crippen LogP) is 5.27. The summed E-state index contributed by atoms with van der Waals surface area (Å²) in [6.45, 7) is 0. The monoisotopic (exact) mass is 362 g/mol. The van der Waals surface area contributed by atoms with Gasteiger partial charge in [0, 0.05) is 16.5 Å². The van der Waals surface area contributed by atoms with E-state index in [1.807, 2.05) is 30.3 Å². The van der Waals surface area contributed by atoms with E-state index in [4.69, 9.17) is 23.2 Å². The summed E-state index contributed by atoms with van der Waals surface area (Å²) < 4.78 is 0. The summed E-state index contributed by atoms with van der Waals surface area (Å²) >= 11 is 13.4. The van der Waals surface area contributed by atoms with Crippen LogP contribution in [-0.4, -0.2) is 16.6 Å². The molecule has 1 N–H and O–H groups in total. The lowest BCUT2D eigenvalue weighted by molar-refractivity contribution is -0.113. The molecular weight excluding hydrogens is 351 g/mol. The van der Waals surface area contributed by atoms with Gasteiger partial charge in [0.05, 0.1) is 27.0 Å². The minimum atomic E-state index is -0.146. The molecule has 1 amide bonds. The molecule has 0 saturated carbocycles. The largest absolute Gasteiger partial charge is 0.324 e. The molecule has 0 atom stereocenters. The van der Waals surface area contributed by atoms with Crippen molar-refractivity contribution in [1.29, 1.82) is 0 Å². The molecule has 23 heavy (non-hydrogen) atoms. The molecule has 1 heterocycles. The lowest BCUT2D eigenvalue weighted by Crippen LogP contribution is -2.14. The number of benzene rings is 2. The van der Waals surface area contributed by atoms with E-state index in [-0.39, 0.29) is 11.7 Å². The van der Waals surface area contributed by atoms with Crippen LogP contribution in [0, 0.1) is 0 Å². The van der Waals surface area contributed by atoms with Crippen molar-refractivity contribution in [3.63, 3.8) is 0 Å². The van der Waals surface area contributed by atoms with Crippen molar-refractivity contribution in [3.05, 3.63) is 64.8 Å². The second-order valence-electron chi connectivity index (χ2n) is 4.77. The number of rotatable bonds is 4. The van der Waals surface area contributed by atoms with E-state index < -0.39 is 0 Å². The number of nitrogens with one attached hydrogen (secondary N) is 1. The number of thioether (sulfide) groups is 1. The molecule has 0 saturated heterocycles. The minimum Gasteiger partial charge on any atom is -0.324 e. The SMILES string of the molecule is O=C(CSc1cccc2cccnc12)Nc1cccc(Cl)c1Cl. The third-order valence-corrected chi connectivity index (χ3v) is 5.05. The Labute approximate surface area is 148 Å². The van der Waals surface area contributed by atoms with Gasteiger partial charge in [0.25, 0.3) is 0 Å². The molecule has 6 heteroatoms. The Morgan fingerprint density at radius 2 is 1.87 bits per heavy atom. The Morgan fingerprint density at radius 1 is 1.09 bits per heavy atom. The van der Waals surface area contributed by atoms with E-state index in [0.717, 1.165) is 15.8 Å².